The summed E-state index contributed by atoms with van der Waals surface area (Å²) in [7, 11) is 0. The van der Waals surface area contributed by atoms with E-state index in [4.69, 9.17) is 0 Å². The number of fused-ring (bicyclic) bond motifs is 6. The molecule has 0 N–H and O–H groups in total. The van der Waals surface area contributed by atoms with Crippen LogP contribution in [0.15, 0.2) is 194 Å². The molecule has 49 heavy (non-hydrogen) atoms. The summed E-state index contributed by atoms with van der Waals surface area (Å²) in [5, 5.41) is 7.63. The van der Waals surface area contributed by atoms with Crippen molar-refractivity contribution in [3.63, 3.8) is 0 Å². The van der Waals surface area contributed by atoms with Crippen molar-refractivity contribution in [2.24, 2.45) is 0 Å². The van der Waals surface area contributed by atoms with Gasteiger partial charge in [-0.1, -0.05) is 194 Å². The molecule has 0 fully saturated rings. The highest BCUT2D eigenvalue weighted by atomic mass is 14.5. The van der Waals surface area contributed by atoms with Gasteiger partial charge < -0.3 is 0 Å². The lowest BCUT2D eigenvalue weighted by molar-refractivity contribution is 0.768. The van der Waals surface area contributed by atoms with Gasteiger partial charge in [0.15, 0.2) is 0 Å². The van der Waals surface area contributed by atoms with E-state index < -0.39 is 5.41 Å². The van der Waals surface area contributed by atoms with Crippen LogP contribution in [0.1, 0.15) is 22.3 Å². The van der Waals surface area contributed by atoms with Gasteiger partial charge in [-0.3, -0.25) is 0 Å². The van der Waals surface area contributed by atoms with Gasteiger partial charge in [0.2, 0.25) is 0 Å². The molecule has 1 aliphatic rings. The molecular formula is C49H32. The predicted molar refractivity (Wildman–Crippen MR) is 207 cm³/mol. The van der Waals surface area contributed by atoms with Crippen LogP contribution in [0.25, 0.3) is 65.7 Å². The van der Waals surface area contributed by atoms with Gasteiger partial charge in [-0.2, -0.15) is 0 Å². The quantitative estimate of drug-likeness (QED) is 0.172. The molecule has 0 nitrogen and oxygen atoms in total. The third-order valence-corrected chi connectivity index (χ3v) is 10.8. The molecule has 0 heterocycles. The van der Waals surface area contributed by atoms with Gasteiger partial charge in [0.1, 0.15) is 0 Å². The molecule has 10 rings (SSSR count). The van der Waals surface area contributed by atoms with Crippen LogP contribution >= 0.6 is 0 Å². The average molecular weight is 621 g/mol. The first-order valence-corrected chi connectivity index (χ1v) is 17.1. The Balaban J connectivity index is 1.23. The standard InChI is InChI=1S/C49H32/c1-2-17-35(18-3-1)49(45-27-12-10-20-38(45)39-21-11-13-28-46(39)49)36-31-29-34(30-32-36)47-41-22-6-8-24-43(41)48(44-25-9-7-23-42(44)47)40-26-14-16-33-15-4-5-19-37(33)40/h1-32H. The number of hydrogen-bond acceptors (Lipinski definition) is 0. The van der Waals surface area contributed by atoms with Crippen LogP contribution in [-0.2, 0) is 5.41 Å². The van der Waals surface area contributed by atoms with Crippen molar-refractivity contribution in [3.8, 4) is 33.4 Å². The summed E-state index contributed by atoms with van der Waals surface area (Å²) in [5.41, 5.74) is 12.5. The van der Waals surface area contributed by atoms with E-state index in [9.17, 15) is 0 Å². The van der Waals surface area contributed by atoms with E-state index in [0.29, 0.717) is 0 Å². The minimum Gasteiger partial charge on any atom is -0.0622 e. The average Bonchev–Trinajstić information content (AvgIpc) is 3.48. The van der Waals surface area contributed by atoms with Crippen molar-refractivity contribution in [1.29, 1.82) is 0 Å². The Bertz CT molecular complexity index is 2590. The molecule has 9 aromatic rings. The summed E-state index contributed by atoms with van der Waals surface area (Å²) >= 11 is 0. The van der Waals surface area contributed by atoms with Gasteiger partial charge >= 0.3 is 0 Å². The molecule has 1 aliphatic carbocycles. The minimum atomic E-state index is -0.407. The number of hydrogen-bond donors (Lipinski definition) is 0. The minimum absolute atomic E-state index is 0.407. The first kappa shape index (κ1) is 27.8. The summed E-state index contributed by atoms with van der Waals surface area (Å²) in [6.07, 6.45) is 0. The first-order chi connectivity index (χ1) is 24.3. The summed E-state index contributed by atoms with van der Waals surface area (Å²) < 4.78 is 0. The molecule has 0 aromatic heterocycles. The van der Waals surface area contributed by atoms with Crippen molar-refractivity contribution in [2.75, 3.05) is 0 Å². The van der Waals surface area contributed by atoms with Crippen LogP contribution in [0.4, 0.5) is 0 Å². The van der Waals surface area contributed by atoms with Crippen LogP contribution < -0.4 is 0 Å². The zero-order valence-corrected chi connectivity index (χ0v) is 27.0. The Morgan fingerprint density at radius 3 is 1.31 bits per heavy atom. The molecule has 0 heteroatoms. The fourth-order valence-corrected chi connectivity index (χ4v) is 8.77. The van der Waals surface area contributed by atoms with Crippen LogP contribution in [0.5, 0.6) is 0 Å². The highest BCUT2D eigenvalue weighted by molar-refractivity contribution is 6.23. The van der Waals surface area contributed by atoms with Crippen LogP contribution in [0.2, 0.25) is 0 Å². The third-order valence-electron chi connectivity index (χ3n) is 10.8. The van der Waals surface area contributed by atoms with Crippen molar-refractivity contribution in [3.05, 3.63) is 216 Å². The Morgan fingerprint density at radius 1 is 0.265 bits per heavy atom. The van der Waals surface area contributed by atoms with Crippen molar-refractivity contribution in [2.45, 2.75) is 5.41 Å². The van der Waals surface area contributed by atoms with E-state index in [2.05, 4.69) is 194 Å². The van der Waals surface area contributed by atoms with Crippen LogP contribution in [-0.4, -0.2) is 0 Å². The summed E-state index contributed by atoms with van der Waals surface area (Å²) in [4.78, 5) is 0. The molecule has 0 aliphatic heterocycles. The molecule has 0 saturated carbocycles. The maximum absolute atomic E-state index is 2.38. The molecule has 228 valence electrons. The van der Waals surface area contributed by atoms with Crippen molar-refractivity contribution < 1.29 is 0 Å². The zero-order chi connectivity index (χ0) is 32.4. The van der Waals surface area contributed by atoms with Crippen molar-refractivity contribution in [1.82, 2.24) is 0 Å². The fraction of sp³-hybridized carbons (Fsp3) is 0.0204. The second-order valence-electron chi connectivity index (χ2n) is 13.2. The predicted octanol–water partition coefficient (Wildman–Crippen LogP) is 12.8. The summed E-state index contributed by atoms with van der Waals surface area (Å²) in [6, 6.07) is 71.8. The Morgan fingerprint density at radius 2 is 0.694 bits per heavy atom. The lowest BCUT2D eigenvalue weighted by Crippen LogP contribution is -2.28. The molecule has 0 radical (unpaired) electrons. The fourth-order valence-electron chi connectivity index (χ4n) is 8.77. The molecule has 0 atom stereocenters. The van der Waals surface area contributed by atoms with Crippen LogP contribution in [0.3, 0.4) is 0 Å². The maximum atomic E-state index is 2.38. The lowest BCUT2D eigenvalue weighted by Gasteiger charge is -2.34. The van der Waals surface area contributed by atoms with Gasteiger partial charge in [-0.05, 0) is 88.0 Å². The Kier molecular flexibility index (Phi) is 6.19. The number of benzene rings is 9. The zero-order valence-electron chi connectivity index (χ0n) is 27.0. The summed E-state index contributed by atoms with van der Waals surface area (Å²) in [6.45, 7) is 0. The van der Waals surface area contributed by atoms with Gasteiger partial charge in [0.25, 0.3) is 0 Å². The molecule has 0 bridgehead atoms. The van der Waals surface area contributed by atoms with Gasteiger partial charge in [0, 0.05) is 0 Å². The molecule has 0 saturated heterocycles. The van der Waals surface area contributed by atoms with E-state index in [0.717, 1.165) is 0 Å². The van der Waals surface area contributed by atoms with E-state index in [1.165, 1.54) is 88.0 Å². The number of rotatable bonds is 4. The smallest absolute Gasteiger partial charge is 0.0622 e. The molecular weight excluding hydrogens is 589 g/mol. The van der Waals surface area contributed by atoms with Crippen molar-refractivity contribution >= 4 is 32.3 Å². The SMILES string of the molecule is c1ccc(C2(c3ccc(-c4c5ccccc5c(-c5cccc6ccccc56)c5ccccc45)cc3)c3ccccc3-c3ccccc32)cc1. The highest BCUT2D eigenvalue weighted by Crippen LogP contribution is 2.56. The van der Waals surface area contributed by atoms with Crippen LogP contribution in [0, 0.1) is 0 Å². The Hall–Kier alpha value is -6.24. The monoisotopic (exact) mass is 620 g/mol. The van der Waals surface area contributed by atoms with E-state index in [1.807, 2.05) is 0 Å². The normalized spacial score (nSPS) is 13.1. The molecule has 9 aromatic carbocycles. The van der Waals surface area contributed by atoms with Gasteiger partial charge in [-0.25, -0.2) is 0 Å². The second kappa shape index (κ2) is 10.9. The maximum Gasteiger partial charge on any atom is 0.0713 e. The molecule has 0 spiro atoms. The molecule has 0 amide bonds. The van der Waals surface area contributed by atoms with E-state index in [-0.39, 0.29) is 0 Å². The second-order valence-corrected chi connectivity index (χ2v) is 13.2. The third kappa shape index (κ3) is 3.98. The first-order valence-electron chi connectivity index (χ1n) is 17.1. The van der Waals surface area contributed by atoms with Gasteiger partial charge in [0.05, 0.1) is 5.41 Å². The summed E-state index contributed by atoms with van der Waals surface area (Å²) in [5.74, 6) is 0. The van der Waals surface area contributed by atoms with Gasteiger partial charge in [-0.15, -0.1) is 0 Å². The van der Waals surface area contributed by atoms with E-state index in [1.54, 1.807) is 0 Å². The molecule has 0 unspecified atom stereocenters. The Labute approximate surface area is 286 Å². The lowest BCUT2D eigenvalue weighted by atomic mass is 9.67. The largest absolute Gasteiger partial charge is 0.0713 e. The highest BCUT2D eigenvalue weighted by Gasteiger charge is 2.45. The topological polar surface area (TPSA) is 0 Å². The van der Waals surface area contributed by atoms with E-state index >= 15 is 0 Å².